The van der Waals surface area contributed by atoms with Crippen LogP contribution in [0.4, 0.5) is 0 Å². The lowest BCUT2D eigenvalue weighted by molar-refractivity contribution is -0.133. The van der Waals surface area contributed by atoms with Crippen molar-refractivity contribution in [2.24, 2.45) is 0 Å². The Balaban J connectivity index is 1.60. The number of hydrogen-bond acceptors (Lipinski definition) is 4. The van der Waals surface area contributed by atoms with Crippen LogP contribution in [0.5, 0.6) is 0 Å². The number of carbonyl (C=O) groups is 2. The van der Waals surface area contributed by atoms with E-state index < -0.39 is 5.54 Å². The van der Waals surface area contributed by atoms with E-state index in [1.165, 1.54) is 19.3 Å². The summed E-state index contributed by atoms with van der Waals surface area (Å²) < 4.78 is 7.62. The van der Waals surface area contributed by atoms with Gasteiger partial charge in [-0.15, -0.1) is 0 Å². The van der Waals surface area contributed by atoms with Crippen molar-refractivity contribution in [2.75, 3.05) is 26.2 Å². The van der Waals surface area contributed by atoms with Crippen LogP contribution in [0.15, 0.2) is 34.9 Å². The Hall–Kier alpha value is -2.54. The molecule has 1 N–H and O–H groups in total. The van der Waals surface area contributed by atoms with E-state index in [2.05, 4.69) is 24.1 Å². The molecule has 1 saturated carbocycles. The molecule has 35 heavy (non-hydrogen) atoms. The first-order chi connectivity index (χ1) is 17.0. The number of nitrogens with one attached hydrogen (secondary N) is 1. The highest BCUT2D eigenvalue weighted by Gasteiger charge is 2.48. The molecule has 4 rings (SSSR count). The van der Waals surface area contributed by atoms with Crippen LogP contribution in [0.3, 0.4) is 0 Å². The molecule has 1 aliphatic carbocycles. The average Bonchev–Trinajstić information content (AvgIpc) is 3.50. The second-order valence-electron chi connectivity index (χ2n) is 10.3. The minimum atomic E-state index is -0.962. The summed E-state index contributed by atoms with van der Waals surface area (Å²) in [4.78, 5) is 31.9. The fourth-order valence-electron chi connectivity index (χ4n) is 5.70. The van der Waals surface area contributed by atoms with Gasteiger partial charge in [0.2, 0.25) is 5.91 Å². The molecule has 7 nitrogen and oxygen atoms in total. The van der Waals surface area contributed by atoms with Crippen LogP contribution in [0.2, 0.25) is 0 Å². The van der Waals surface area contributed by atoms with E-state index in [0.29, 0.717) is 24.5 Å². The number of rotatable bonds is 9. The van der Waals surface area contributed by atoms with Gasteiger partial charge in [0.15, 0.2) is 0 Å². The van der Waals surface area contributed by atoms with Gasteiger partial charge in [-0.2, -0.15) is 0 Å². The Bertz CT molecular complexity index is 970. The van der Waals surface area contributed by atoms with Crippen molar-refractivity contribution < 1.29 is 14.0 Å². The predicted octanol–water partition coefficient (Wildman–Crippen LogP) is 4.92. The topological polar surface area (TPSA) is 70.7 Å². The molecule has 1 fully saturated rings. The Morgan fingerprint density at radius 2 is 1.77 bits per heavy atom. The van der Waals surface area contributed by atoms with Crippen molar-refractivity contribution in [3.63, 3.8) is 0 Å². The van der Waals surface area contributed by atoms with Crippen molar-refractivity contribution in [3.05, 3.63) is 36.2 Å². The van der Waals surface area contributed by atoms with Crippen LogP contribution in [0, 0.1) is 0 Å². The first kappa shape index (κ1) is 25.5. The molecular weight excluding hydrogens is 440 g/mol. The fourth-order valence-corrected chi connectivity index (χ4v) is 5.70. The second-order valence-corrected chi connectivity index (χ2v) is 10.3. The van der Waals surface area contributed by atoms with Gasteiger partial charge in [0.25, 0.3) is 5.91 Å². The van der Waals surface area contributed by atoms with Gasteiger partial charge < -0.3 is 24.1 Å². The van der Waals surface area contributed by atoms with E-state index in [4.69, 9.17) is 4.42 Å². The van der Waals surface area contributed by atoms with Gasteiger partial charge in [-0.3, -0.25) is 9.59 Å². The van der Waals surface area contributed by atoms with Crippen molar-refractivity contribution >= 4 is 11.8 Å². The highest BCUT2D eigenvalue weighted by molar-refractivity contribution is 6.00. The lowest BCUT2D eigenvalue weighted by Crippen LogP contribution is -2.65. The number of amides is 2. The van der Waals surface area contributed by atoms with Crippen LogP contribution in [0.25, 0.3) is 11.5 Å². The van der Waals surface area contributed by atoms with E-state index in [-0.39, 0.29) is 17.9 Å². The molecule has 0 aromatic carbocycles. The van der Waals surface area contributed by atoms with E-state index >= 15 is 0 Å². The molecular formula is C28H42N4O3. The standard InChI is InChI=1S/C28H42N4O3/c1-4-30(5-2)18-12-19-32-26(33)24-17-16-23(25-15-11-20-35-25)31(24)21-28(32,3)27(34)29-22-13-9-7-6-8-10-14-22/h11,15-17,20,22H,4-10,12-14,18-19,21H2,1-3H3,(H,29,34). The number of furan rings is 1. The van der Waals surface area contributed by atoms with Crippen molar-refractivity contribution in [1.29, 1.82) is 0 Å². The van der Waals surface area contributed by atoms with E-state index in [0.717, 1.165) is 57.4 Å². The zero-order valence-electron chi connectivity index (χ0n) is 21.7. The van der Waals surface area contributed by atoms with Gasteiger partial charge in [0.1, 0.15) is 17.0 Å². The van der Waals surface area contributed by atoms with Crippen LogP contribution in [-0.2, 0) is 11.3 Å². The van der Waals surface area contributed by atoms with Crippen LogP contribution in [0.1, 0.15) is 82.6 Å². The van der Waals surface area contributed by atoms with Gasteiger partial charge in [-0.1, -0.05) is 46.0 Å². The maximum absolute atomic E-state index is 13.9. The van der Waals surface area contributed by atoms with E-state index in [1.807, 2.05) is 40.7 Å². The van der Waals surface area contributed by atoms with E-state index in [1.54, 1.807) is 6.26 Å². The normalized spacial score (nSPS) is 21.6. The minimum absolute atomic E-state index is 0.0380. The number of aromatic nitrogens is 1. The maximum atomic E-state index is 13.9. The first-order valence-corrected chi connectivity index (χ1v) is 13.6. The Morgan fingerprint density at radius 1 is 1.09 bits per heavy atom. The summed E-state index contributed by atoms with van der Waals surface area (Å²) in [6, 6.07) is 7.72. The van der Waals surface area contributed by atoms with Crippen LogP contribution >= 0.6 is 0 Å². The van der Waals surface area contributed by atoms with Crippen LogP contribution in [-0.4, -0.2) is 63.9 Å². The van der Waals surface area contributed by atoms with Gasteiger partial charge in [-0.25, -0.2) is 0 Å². The Labute approximate surface area is 209 Å². The molecule has 1 aliphatic heterocycles. The molecule has 7 heteroatoms. The monoisotopic (exact) mass is 482 g/mol. The first-order valence-electron chi connectivity index (χ1n) is 13.6. The molecule has 2 amide bonds. The Morgan fingerprint density at radius 3 is 2.43 bits per heavy atom. The van der Waals surface area contributed by atoms with Gasteiger partial charge in [0.05, 0.1) is 18.5 Å². The number of hydrogen-bond donors (Lipinski definition) is 1. The number of fused-ring (bicyclic) bond motifs is 1. The third-order valence-electron chi connectivity index (χ3n) is 7.96. The molecule has 1 atom stereocenters. The fraction of sp³-hybridized carbons (Fsp3) is 0.643. The summed E-state index contributed by atoms with van der Waals surface area (Å²) in [6.45, 7) is 10.1. The average molecular weight is 483 g/mol. The molecule has 1 unspecified atom stereocenters. The summed E-state index contributed by atoms with van der Waals surface area (Å²) in [5.74, 6) is 0.592. The minimum Gasteiger partial charge on any atom is -0.463 e. The van der Waals surface area contributed by atoms with Crippen molar-refractivity contribution in [1.82, 2.24) is 19.7 Å². The molecule has 3 heterocycles. The number of nitrogens with zero attached hydrogens (tertiary/aromatic N) is 3. The predicted molar refractivity (Wildman–Crippen MR) is 138 cm³/mol. The largest absolute Gasteiger partial charge is 0.463 e. The second kappa shape index (κ2) is 11.5. The SMILES string of the molecule is CCN(CC)CCCN1C(=O)c2ccc(-c3ccco3)n2CC1(C)C(=O)NC1CCCCCCC1. The summed E-state index contributed by atoms with van der Waals surface area (Å²) >= 11 is 0. The smallest absolute Gasteiger partial charge is 0.271 e. The summed E-state index contributed by atoms with van der Waals surface area (Å²) in [7, 11) is 0. The summed E-state index contributed by atoms with van der Waals surface area (Å²) in [5, 5.41) is 3.37. The summed E-state index contributed by atoms with van der Waals surface area (Å²) in [6.07, 6.45) is 10.6. The lowest BCUT2D eigenvalue weighted by atomic mass is 9.92. The van der Waals surface area contributed by atoms with Gasteiger partial charge in [0, 0.05) is 12.6 Å². The molecule has 0 bridgehead atoms. The Kier molecular flexibility index (Phi) is 8.37. The van der Waals surface area contributed by atoms with Crippen LogP contribution < -0.4 is 5.32 Å². The third-order valence-corrected chi connectivity index (χ3v) is 7.96. The molecule has 2 aliphatic rings. The van der Waals surface area contributed by atoms with Gasteiger partial charge >= 0.3 is 0 Å². The third kappa shape index (κ3) is 5.50. The molecule has 0 saturated heterocycles. The van der Waals surface area contributed by atoms with Crippen molar-refractivity contribution in [2.45, 2.75) is 90.3 Å². The molecule has 0 spiro atoms. The molecule has 192 valence electrons. The molecule has 2 aromatic heterocycles. The maximum Gasteiger partial charge on any atom is 0.271 e. The zero-order chi connectivity index (χ0) is 24.8. The number of carbonyl (C=O) groups excluding carboxylic acids is 2. The highest BCUT2D eigenvalue weighted by Crippen LogP contribution is 2.34. The van der Waals surface area contributed by atoms with Crippen molar-refractivity contribution in [3.8, 4) is 11.5 Å². The van der Waals surface area contributed by atoms with E-state index in [9.17, 15) is 9.59 Å². The molecule has 0 radical (unpaired) electrons. The zero-order valence-corrected chi connectivity index (χ0v) is 21.7. The lowest BCUT2D eigenvalue weighted by Gasteiger charge is -2.45. The van der Waals surface area contributed by atoms with Gasteiger partial charge in [-0.05, 0) is 70.1 Å². The summed E-state index contributed by atoms with van der Waals surface area (Å²) in [5.41, 5.74) is 0.498. The molecule has 2 aromatic rings. The quantitative estimate of drug-likeness (QED) is 0.551. The highest BCUT2D eigenvalue weighted by atomic mass is 16.3.